The molecule has 0 fully saturated rings. The Morgan fingerprint density at radius 1 is 0.594 bits per heavy atom. The van der Waals surface area contributed by atoms with Gasteiger partial charge in [0.05, 0.1) is 12.6 Å². The Labute approximate surface area is 373 Å². The molecule has 0 aliphatic heterocycles. The van der Waals surface area contributed by atoms with Crippen molar-refractivity contribution in [2.24, 2.45) is 17.6 Å². The van der Waals surface area contributed by atoms with E-state index in [1.807, 2.05) is 13.8 Å². The Hall–Kier alpha value is -6.57. The molecular formula is C44H65N9O11. The summed E-state index contributed by atoms with van der Waals surface area (Å²) >= 11 is 0. The fourth-order valence-electron chi connectivity index (χ4n) is 6.28. The predicted octanol–water partition coefficient (Wildman–Crippen LogP) is -0.726. The summed E-state index contributed by atoms with van der Waals surface area (Å²) < 4.78 is 0. The van der Waals surface area contributed by atoms with Crippen molar-refractivity contribution in [1.82, 2.24) is 42.5 Å². The summed E-state index contributed by atoms with van der Waals surface area (Å²) in [6.45, 7) is 8.90. The Morgan fingerprint density at radius 3 is 1.72 bits per heavy atom. The lowest BCUT2D eigenvalue weighted by Gasteiger charge is -2.27. The highest BCUT2D eigenvalue weighted by atomic mass is 16.4. The molecule has 0 aliphatic carbocycles. The van der Waals surface area contributed by atoms with Gasteiger partial charge >= 0.3 is 5.97 Å². The summed E-state index contributed by atoms with van der Waals surface area (Å²) in [4.78, 5) is 115. The van der Waals surface area contributed by atoms with Gasteiger partial charge in [-0.2, -0.15) is 0 Å². The summed E-state index contributed by atoms with van der Waals surface area (Å²) in [5.74, 6) is -7.01. The minimum atomic E-state index is -1.26. The van der Waals surface area contributed by atoms with E-state index in [1.165, 1.54) is 26.0 Å². The third-order valence-electron chi connectivity index (χ3n) is 9.77. The molecule has 0 radical (unpaired) electrons. The van der Waals surface area contributed by atoms with Gasteiger partial charge in [0.15, 0.2) is 0 Å². The number of amides is 8. The molecule has 2 rings (SSSR count). The van der Waals surface area contributed by atoms with Crippen molar-refractivity contribution in [3.05, 3.63) is 65.7 Å². The molecule has 0 heterocycles. The van der Waals surface area contributed by atoms with E-state index in [0.29, 0.717) is 30.5 Å². The fraction of sp³-hybridized carbons (Fsp3) is 0.523. The van der Waals surface area contributed by atoms with Crippen LogP contribution in [0.3, 0.4) is 0 Å². The molecule has 20 nitrogen and oxygen atoms in total. The van der Waals surface area contributed by atoms with Crippen LogP contribution in [-0.2, 0) is 56.0 Å². The lowest BCUT2D eigenvalue weighted by Crippen LogP contribution is -2.59. The molecule has 20 heteroatoms. The molecule has 8 amide bonds. The Bertz CT molecular complexity index is 1890. The average molecular weight is 896 g/mol. The number of benzene rings is 2. The second kappa shape index (κ2) is 27.5. The van der Waals surface area contributed by atoms with Crippen LogP contribution in [0, 0.1) is 11.8 Å². The summed E-state index contributed by atoms with van der Waals surface area (Å²) in [6, 6.07) is 7.83. The lowest BCUT2D eigenvalue weighted by molar-refractivity contribution is -0.139. The van der Waals surface area contributed by atoms with Crippen LogP contribution in [0.25, 0.3) is 0 Å². The number of carbonyl (C=O) groups is 9. The number of aliphatic carboxylic acids is 1. The third kappa shape index (κ3) is 20.5. The quantitative estimate of drug-likeness (QED) is 0.0495. The van der Waals surface area contributed by atoms with Crippen molar-refractivity contribution in [2.75, 3.05) is 19.6 Å². The summed E-state index contributed by atoms with van der Waals surface area (Å²) in [6.07, 6.45) is 1.52. The van der Waals surface area contributed by atoms with Gasteiger partial charge in [-0.25, -0.2) is 0 Å². The number of nitrogens with two attached hydrogens (primary N) is 1. The number of unbranched alkanes of at least 4 members (excludes halogenated alkanes) is 1. The van der Waals surface area contributed by atoms with E-state index in [1.54, 1.807) is 56.3 Å². The van der Waals surface area contributed by atoms with Crippen LogP contribution < -0.4 is 48.3 Å². The van der Waals surface area contributed by atoms with Crippen LogP contribution >= 0.6 is 0 Å². The van der Waals surface area contributed by atoms with Gasteiger partial charge in [0.2, 0.25) is 47.3 Å². The molecule has 2 aromatic carbocycles. The van der Waals surface area contributed by atoms with E-state index in [-0.39, 0.29) is 43.3 Å². The molecule has 0 saturated carbocycles. The number of carbonyl (C=O) groups excluding carboxylic acids is 8. The standard InChI is InChI=1S/C44H65N9O11/c1-25(2)20-33(43(63)53-38(26(3)4)44(64)48-24-37(57)58)52-42(62)34(21-29-12-8-7-9-13-29)50-36(56)23-47-39(59)27(5)49-41(61)35(22-30-15-17-31(55)18-16-30)51-40(60)32(45)14-10-11-19-46-28(6)54/h7-9,12-13,15-18,25-27,32-35,38,55H,10-11,14,19-24,45H2,1-6H3,(H,46,54)(H,47,59)(H,48,64)(H,49,61)(H,50,56)(H,51,60)(H,52,62)(H,53,63)(H,57,58)/t27-,32-,33-,34-,35-,38-/m0/s1. The van der Waals surface area contributed by atoms with E-state index >= 15 is 0 Å². The van der Waals surface area contributed by atoms with E-state index in [4.69, 9.17) is 10.8 Å². The lowest BCUT2D eigenvalue weighted by atomic mass is 9.99. The molecule has 0 aliphatic rings. The van der Waals surface area contributed by atoms with Gasteiger partial charge in [-0.3, -0.25) is 43.2 Å². The van der Waals surface area contributed by atoms with Crippen molar-refractivity contribution in [1.29, 1.82) is 0 Å². The maximum absolute atomic E-state index is 13.9. The first-order valence-electron chi connectivity index (χ1n) is 21.3. The predicted molar refractivity (Wildman–Crippen MR) is 236 cm³/mol. The minimum absolute atomic E-state index is 0.00405. The van der Waals surface area contributed by atoms with E-state index in [2.05, 4.69) is 42.5 Å². The molecule has 0 unspecified atom stereocenters. The first kappa shape index (κ1) is 53.6. The minimum Gasteiger partial charge on any atom is -0.508 e. The number of hydrogen-bond donors (Lipinski definition) is 11. The number of carboxylic acid groups (broad SMARTS) is 1. The molecule has 6 atom stereocenters. The molecular weight excluding hydrogens is 831 g/mol. The highest BCUT2D eigenvalue weighted by Gasteiger charge is 2.32. The van der Waals surface area contributed by atoms with Crippen LogP contribution in [0.4, 0.5) is 0 Å². The largest absolute Gasteiger partial charge is 0.508 e. The number of aromatic hydroxyl groups is 1. The number of nitrogens with one attached hydrogen (secondary N) is 8. The number of phenols is 1. The topological polar surface area (TPSA) is 316 Å². The van der Waals surface area contributed by atoms with Crippen molar-refractivity contribution in [2.45, 2.75) is 116 Å². The molecule has 0 bridgehead atoms. The fourth-order valence-corrected chi connectivity index (χ4v) is 6.28. The molecule has 2 aromatic rings. The second-order valence-electron chi connectivity index (χ2n) is 16.3. The average Bonchev–Trinajstić information content (AvgIpc) is 3.23. The van der Waals surface area contributed by atoms with Crippen LogP contribution in [0.5, 0.6) is 5.75 Å². The monoisotopic (exact) mass is 895 g/mol. The SMILES string of the molecule is CC(=O)NCCCC[C@H](N)C(=O)N[C@@H](Cc1ccc(O)cc1)C(=O)N[C@@H](C)C(=O)NCC(=O)N[C@@H](Cc1ccccc1)C(=O)N[C@@H](CC(C)C)C(=O)N[C@H](C(=O)NCC(=O)O)C(C)C. The number of hydrogen-bond acceptors (Lipinski definition) is 11. The normalized spacial score (nSPS) is 13.8. The van der Waals surface area contributed by atoms with Gasteiger partial charge in [-0.15, -0.1) is 0 Å². The Morgan fingerprint density at radius 2 is 1.14 bits per heavy atom. The van der Waals surface area contributed by atoms with E-state index in [0.717, 1.165) is 0 Å². The van der Waals surface area contributed by atoms with E-state index < -0.39 is 103 Å². The highest BCUT2D eigenvalue weighted by Crippen LogP contribution is 2.13. The first-order chi connectivity index (χ1) is 30.2. The van der Waals surface area contributed by atoms with Crippen molar-refractivity contribution in [3.8, 4) is 5.75 Å². The zero-order valence-corrected chi connectivity index (χ0v) is 37.3. The zero-order chi connectivity index (χ0) is 47.9. The van der Waals surface area contributed by atoms with Gasteiger partial charge in [0, 0.05) is 26.3 Å². The van der Waals surface area contributed by atoms with Crippen molar-refractivity contribution < 1.29 is 53.4 Å². The third-order valence-corrected chi connectivity index (χ3v) is 9.77. The van der Waals surface area contributed by atoms with Gasteiger partial charge in [-0.05, 0) is 67.7 Å². The van der Waals surface area contributed by atoms with Crippen LogP contribution in [-0.4, -0.2) is 119 Å². The van der Waals surface area contributed by atoms with Gasteiger partial charge in [0.1, 0.15) is 42.5 Å². The van der Waals surface area contributed by atoms with Gasteiger partial charge < -0.3 is 58.5 Å². The van der Waals surface area contributed by atoms with E-state index in [9.17, 15) is 48.3 Å². The first-order valence-corrected chi connectivity index (χ1v) is 21.3. The van der Waals surface area contributed by atoms with Crippen molar-refractivity contribution >= 4 is 53.2 Å². The Kier molecular flexibility index (Phi) is 23.0. The van der Waals surface area contributed by atoms with Gasteiger partial charge in [-0.1, -0.05) is 70.2 Å². The highest BCUT2D eigenvalue weighted by molar-refractivity contribution is 5.96. The Balaban J connectivity index is 2.15. The zero-order valence-electron chi connectivity index (χ0n) is 37.3. The molecule has 352 valence electrons. The molecule has 12 N–H and O–H groups in total. The van der Waals surface area contributed by atoms with Crippen LogP contribution in [0.1, 0.15) is 78.4 Å². The summed E-state index contributed by atoms with van der Waals surface area (Å²) in [5.41, 5.74) is 7.36. The smallest absolute Gasteiger partial charge is 0.322 e. The molecule has 0 aromatic heterocycles. The molecule has 64 heavy (non-hydrogen) atoms. The molecule has 0 spiro atoms. The van der Waals surface area contributed by atoms with Crippen LogP contribution in [0.15, 0.2) is 54.6 Å². The maximum atomic E-state index is 13.9. The summed E-state index contributed by atoms with van der Waals surface area (Å²) in [5, 5.41) is 39.2. The maximum Gasteiger partial charge on any atom is 0.322 e. The molecule has 0 saturated heterocycles. The number of phenolic OH excluding ortho intramolecular Hbond substituents is 1. The number of carboxylic acids is 1. The second-order valence-corrected chi connectivity index (χ2v) is 16.3. The van der Waals surface area contributed by atoms with Crippen molar-refractivity contribution in [3.63, 3.8) is 0 Å². The number of rotatable bonds is 27. The van der Waals surface area contributed by atoms with Gasteiger partial charge in [0.25, 0.3) is 0 Å². The van der Waals surface area contributed by atoms with Crippen LogP contribution in [0.2, 0.25) is 0 Å². The summed E-state index contributed by atoms with van der Waals surface area (Å²) in [7, 11) is 0.